The van der Waals surface area contributed by atoms with Crippen molar-refractivity contribution in [1.82, 2.24) is 0 Å². The van der Waals surface area contributed by atoms with Crippen LogP contribution in [-0.2, 0) is 4.79 Å². The minimum absolute atomic E-state index is 0.209. The molecule has 3 aromatic carbocycles. The lowest BCUT2D eigenvalue weighted by Gasteiger charge is -2.18. The van der Waals surface area contributed by atoms with Crippen LogP contribution in [0.4, 0.5) is 5.69 Å². The molecule has 5 heteroatoms. The molecular formula is C21H18N2O2S. The number of nitrogens with one attached hydrogen (secondary N) is 1. The quantitative estimate of drug-likeness (QED) is 0.644. The molecule has 0 saturated heterocycles. The van der Waals surface area contributed by atoms with Crippen LogP contribution in [0.3, 0.4) is 0 Å². The van der Waals surface area contributed by atoms with Gasteiger partial charge in [-0.3, -0.25) is 9.59 Å². The van der Waals surface area contributed by atoms with Crippen LogP contribution in [0.2, 0.25) is 0 Å². The number of benzene rings is 3. The van der Waals surface area contributed by atoms with E-state index in [1.54, 1.807) is 24.3 Å². The highest BCUT2D eigenvalue weighted by molar-refractivity contribution is 8.00. The lowest BCUT2D eigenvalue weighted by Crippen LogP contribution is -2.22. The smallest absolute Gasteiger partial charge is 0.250 e. The van der Waals surface area contributed by atoms with Crippen molar-refractivity contribution >= 4 is 29.3 Å². The van der Waals surface area contributed by atoms with Crippen molar-refractivity contribution in [1.29, 1.82) is 0 Å². The lowest BCUT2D eigenvalue weighted by atomic mass is 10.1. The standard InChI is InChI=1S/C21H18N2O2S/c22-20(24)17-13-7-8-14-18(17)23-21(25)19(15-9-3-1-4-10-15)26-16-11-5-2-6-12-16/h1-14,19H,(H2,22,24)(H,23,25)/t19-/m0/s1. The lowest BCUT2D eigenvalue weighted by molar-refractivity contribution is -0.115. The molecule has 0 aliphatic heterocycles. The van der Waals surface area contributed by atoms with Crippen LogP contribution in [0.5, 0.6) is 0 Å². The molecule has 4 nitrogen and oxygen atoms in total. The van der Waals surface area contributed by atoms with Gasteiger partial charge < -0.3 is 11.1 Å². The fourth-order valence-corrected chi connectivity index (χ4v) is 3.59. The van der Waals surface area contributed by atoms with Gasteiger partial charge in [0, 0.05) is 4.90 Å². The van der Waals surface area contributed by atoms with E-state index in [4.69, 9.17) is 5.73 Å². The Bertz CT molecular complexity index is 898. The average molecular weight is 362 g/mol. The Morgan fingerprint density at radius 3 is 2.04 bits per heavy atom. The highest BCUT2D eigenvalue weighted by Crippen LogP contribution is 2.36. The number of thioether (sulfide) groups is 1. The first-order chi connectivity index (χ1) is 12.6. The second-order valence-corrected chi connectivity index (χ2v) is 6.80. The molecule has 0 bridgehead atoms. The maximum atomic E-state index is 13.0. The van der Waals surface area contributed by atoms with E-state index in [-0.39, 0.29) is 11.5 Å². The number of para-hydroxylation sites is 1. The number of anilines is 1. The number of amides is 2. The monoisotopic (exact) mass is 362 g/mol. The van der Waals surface area contributed by atoms with Gasteiger partial charge in [-0.2, -0.15) is 0 Å². The number of hydrogen-bond donors (Lipinski definition) is 2. The second-order valence-electron chi connectivity index (χ2n) is 5.62. The molecule has 0 aliphatic carbocycles. The van der Waals surface area contributed by atoms with E-state index in [2.05, 4.69) is 5.32 Å². The summed E-state index contributed by atoms with van der Waals surface area (Å²) in [6.07, 6.45) is 0. The minimum Gasteiger partial charge on any atom is -0.366 e. The van der Waals surface area contributed by atoms with Crippen LogP contribution < -0.4 is 11.1 Å². The number of rotatable bonds is 6. The highest BCUT2D eigenvalue weighted by Gasteiger charge is 2.23. The fourth-order valence-electron chi connectivity index (χ4n) is 2.54. The van der Waals surface area contributed by atoms with Crippen LogP contribution >= 0.6 is 11.8 Å². The summed E-state index contributed by atoms with van der Waals surface area (Å²) < 4.78 is 0. The Labute approximate surface area is 156 Å². The number of hydrogen-bond acceptors (Lipinski definition) is 3. The van der Waals surface area contributed by atoms with E-state index >= 15 is 0 Å². The molecule has 0 radical (unpaired) electrons. The van der Waals surface area contributed by atoms with E-state index < -0.39 is 11.2 Å². The third-order valence-electron chi connectivity index (χ3n) is 3.79. The Morgan fingerprint density at radius 2 is 1.38 bits per heavy atom. The highest BCUT2D eigenvalue weighted by atomic mass is 32.2. The van der Waals surface area contributed by atoms with Crippen LogP contribution in [0.1, 0.15) is 21.2 Å². The Balaban J connectivity index is 1.89. The summed E-state index contributed by atoms with van der Waals surface area (Å²) in [6.45, 7) is 0. The number of carbonyl (C=O) groups excluding carboxylic acids is 2. The van der Waals surface area contributed by atoms with Gasteiger partial charge in [0.1, 0.15) is 5.25 Å². The van der Waals surface area contributed by atoms with Crippen LogP contribution in [0.15, 0.2) is 89.8 Å². The van der Waals surface area contributed by atoms with Gasteiger partial charge in [-0.25, -0.2) is 0 Å². The van der Waals surface area contributed by atoms with Crippen molar-refractivity contribution in [3.63, 3.8) is 0 Å². The van der Waals surface area contributed by atoms with E-state index in [9.17, 15) is 9.59 Å². The molecular weight excluding hydrogens is 344 g/mol. The van der Waals surface area contributed by atoms with Crippen LogP contribution in [0, 0.1) is 0 Å². The number of nitrogens with two attached hydrogens (primary N) is 1. The van der Waals surface area contributed by atoms with Gasteiger partial charge in [0.15, 0.2) is 0 Å². The zero-order valence-corrected chi connectivity index (χ0v) is 14.8. The van der Waals surface area contributed by atoms with E-state index in [0.717, 1.165) is 10.5 Å². The van der Waals surface area contributed by atoms with Gasteiger partial charge in [0.2, 0.25) is 5.91 Å². The minimum atomic E-state index is -0.576. The molecule has 130 valence electrons. The average Bonchev–Trinajstić information content (AvgIpc) is 2.68. The Hall–Kier alpha value is -3.05. The molecule has 3 aromatic rings. The van der Waals surface area contributed by atoms with Crippen LogP contribution in [0.25, 0.3) is 0 Å². The molecule has 0 spiro atoms. The molecule has 3 rings (SSSR count). The first-order valence-electron chi connectivity index (χ1n) is 8.11. The summed E-state index contributed by atoms with van der Waals surface area (Å²) in [7, 11) is 0. The maximum absolute atomic E-state index is 13.0. The molecule has 0 saturated carbocycles. The maximum Gasteiger partial charge on any atom is 0.250 e. The van der Waals surface area contributed by atoms with E-state index in [1.807, 2.05) is 60.7 Å². The SMILES string of the molecule is NC(=O)c1ccccc1NC(=O)[C@@H](Sc1ccccc1)c1ccccc1. The third kappa shape index (κ3) is 4.32. The van der Waals surface area contributed by atoms with Gasteiger partial charge in [0.25, 0.3) is 5.91 Å². The zero-order valence-electron chi connectivity index (χ0n) is 14.0. The van der Waals surface area contributed by atoms with Crippen molar-refractivity contribution in [3.05, 3.63) is 96.1 Å². The number of carbonyl (C=O) groups is 2. The molecule has 0 heterocycles. The van der Waals surface area contributed by atoms with Gasteiger partial charge >= 0.3 is 0 Å². The van der Waals surface area contributed by atoms with Crippen molar-refractivity contribution in [2.24, 2.45) is 5.73 Å². The molecule has 0 aliphatic rings. The van der Waals surface area contributed by atoms with Gasteiger partial charge in [-0.15, -0.1) is 11.8 Å². The van der Waals surface area contributed by atoms with Crippen molar-refractivity contribution in [3.8, 4) is 0 Å². The first-order valence-corrected chi connectivity index (χ1v) is 8.99. The summed E-state index contributed by atoms with van der Waals surface area (Å²) in [5, 5.41) is 2.39. The topological polar surface area (TPSA) is 72.2 Å². The molecule has 0 aromatic heterocycles. The molecule has 0 fully saturated rings. The summed E-state index contributed by atoms with van der Waals surface area (Å²) in [5.41, 5.74) is 7.00. The van der Waals surface area contributed by atoms with Gasteiger partial charge in [0.05, 0.1) is 11.3 Å². The fraction of sp³-hybridized carbons (Fsp3) is 0.0476. The van der Waals surface area contributed by atoms with E-state index in [1.165, 1.54) is 11.8 Å². The number of primary amides is 1. The molecule has 3 N–H and O–H groups in total. The normalized spacial score (nSPS) is 11.5. The Morgan fingerprint density at radius 1 is 0.808 bits per heavy atom. The van der Waals surface area contributed by atoms with Crippen molar-refractivity contribution < 1.29 is 9.59 Å². The second kappa shape index (κ2) is 8.36. The van der Waals surface area contributed by atoms with Crippen molar-refractivity contribution in [2.75, 3.05) is 5.32 Å². The third-order valence-corrected chi connectivity index (χ3v) is 5.05. The van der Waals surface area contributed by atoms with Gasteiger partial charge in [-0.1, -0.05) is 60.7 Å². The summed E-state index contributed by atoms with van der Waals surface area (Å²) in [4.78, 5) is 25.6. The molecule has 26 heavy (non-hydrogen) atoms. The molecule has 2 amide bonds. The zero-order chi connectivity index (χ0) is 18.4. The Kier molecular flexibility index (Phi) is 5.71. The first kappa shape index (κ1) is 17.8. The van der Waals surface area contributed by atoms with E-state index in [0.29, 0.717) is 5.69 Å². The van der Waals surface area contributed by atoms with Crippen LogP contribution in [-0.4, -0.2) is 11.8 Å². The predicted molar refractivity (Wildman–Crippen MR) is 105 cm³/mol. The summed E-state index contributed by atoms with van der Waals surface area (Å²) >= 11 is 1.46. The van der Waals surface area contributed by atoms with Gasteiger partial charge in [-0.05, 0) is 29.8 Å². The summed E-state index contributed by atoms with van der Waals surface area (Å²) in [6, 6.07) is 26.0. The van der Waals surface area contributed by atoms with Crippen molar-refractivity contribution in [2.45, 2.75) is 10.1 Å². The molecule has 1 atom stereocenters. The summed E-state index contributed by atoms with van der Waals surface area (Å²) in [5.74, 6) is -0.786. The predicted octanol–water partition coefficient (Wildman–Crippen LogP) is 4.26. The largest absolute Gasteiger partial charge is 0.366 e. The molecule has 0 unspecified atom stereocenters.